The normalized spacial score (nSPS) is 10.0. The highest BCUT2D eigenvalue weighted by Gasteiger charge is 2.03. The molecule has 1 aromatic rings. The molecule has 14 heavy (non-hydrogen) atoms. The highest BCUT2D eigenvalue weighted by atomic mass is 16.5. The van der Waals surface area contributed by atoms with Crippen LogP contribution in [0.15, 0.2) is 18.2 Å². The molecule has 1 rings (SSSR count). The Balaban J connectivity index is 2.57. The molecule has 0 radical (unpaired) electrons. The lowest BCUT2D eigenvalue weighted by atomic mass is 10.2. The van der Waals surface area contributed by atoms with E-state index in [1.807, 2.05) is 0 Å². The second-order valence-corrected chi connectivity index (χ2v) is 2.70. The Hall–Kier alpha value is -1.75. The van der Waals surface area contributed by atoms with Crippen LogP contribution in [-0.2, 0) is 16.1 Å². The minimum Gasteiger partial charge on any atom is -0.508 e. The average molecular weight is 198 g/mol. The first-order chi connectivity index (χ1) is 6.59. The molecule has 0 bridgehead atoms. The Kier molecular flexibility index (Phi) is 3.30. The van der Waals surface area contributed by atoms with Gasteiger partial charge in [0, 0.05) is 5.56 Å². The van der Waals surface area contributed by atoms with Gasteiger partial charge < -0.3 is 20.1 Å². The van der Waals surface area contributed by atoms with E-state index in [4.69, 9.17) is 14.9 Å². The zero-order chi connectivity index (χ0) is 10.6. The predicted octanol–water partition coefficient (Wildman–Crippen LogP) is 0.699. The molecule has 5 heteroatoms. The van der Waals surface area contributed by atoms with E-state index in [-0.39, 0.29) is 18.1 Å². The van der Waals surface area contributed by atoms with Gasteiger partial charge in [-0.1, -0.05) is 0 Å². The number of ether oxygens (including phenoxy) is 1. The summed E-state index contributed by atoms with van der Waals surface area (Å²) < 4.78 is 4.75. The molecule has 0 fully saturated rings. The van der Waals surface area contributed by atoms with Gasteiger partial charge in [-0.15, -0.1) is 0 Å². The van der Waals surface area contributed by atoms with E-state index in [0.29, 0.717) is 5.56 Å². The maximum Gasteiger partial charge on any atom is 0.329 e. The molecule has 0 aromatic heterocycles. The van der Waals surface area contributed by atoms with E-state index < -0.39 is 12.6 Å². The lowest BCUT2D eigenvalue weighted by Gasteiger charge is -2.04. The van der Waals surface area contributed by atoms with Gasteiger partial charge >= 0.3 is 5.97 Å². The summed E-state index contributed by atoms with van der Waals surface area (Å²) in [7, 11) is 0. The van der Waals surface area contributed by atoms with Crippen LogP contribution in [0, 0.1) is 0 Å². The topological polar surface area (TPSA) is 87.0 Å². The van der Waals surface area contributed by atoms with Crippen molar-refractivity contribution in [2.24, 2.45) is 0 Å². The van der Waals surface area contributed by atoms with Crippen molar-refractivity contribution in [1.82, 2.24) is 0 Å². The number of phenols is 2. The van der Waals surface area contributed by atoms with Gasteiger partial charge in [0.05, 0.1) is 6.61 Å². The molecule has 0 aliphatic rings. The van der Waals surface area contributed by atoms with E-state index in [1.54, 1.807) is 0 Å². The van der Waals surface area contributed by atoms with Crippen molar-refractivity contribution in [3.63, 3.8) is 0 Å². The number of benzene rings is 1. The van der Waals surface area contributed by atoms with Crippen LogP contribution in [0.25, 0.3) is 0 Å². The van der Waals surface area contributed by atoms with Crippen LogP contribution in [0.4, 0.5) is 0 Å². The Labute approximate surface area is 80.2 Å². The van der Waals surface area contributed by atoms with E-state index in [2.05, 4.69) is 0 Å². The Morgan fingerprint density at radius 3 is 2.71 bits per heavy atom. The summed E-state index contributed by atoms with van der Waals surface area (Å²) in [6.45, 7) is -0.484. The molecule has 0 amide bonds. The average Bonchev–Trinajstić information content (AvgIpc) is 2.10. The zero-order valence-corrected chi connectivity index (χ0v) is 7.30. The SMILES string of the molecule is O=C(O)COCc1cc(O)ccc1O. The Bertz CT molecular complexity index is 334. The number of phenolic OH excluding ortho intramolecular Hbond substituents is 2. The van der Waals surface area contributed by atoms with Gasteiger partial charge in [-0.25, -0.2) is 4.79 Å². The Morgan fingerprint density at radius 1 is 1.36 bits per heavy atom. The molecule has 0 spiro atoms. The van der Waals surface area contributed by atoms with Gasteiger partial charge in [0.15, 0.2) is 0 Å². The largest absolute Gasteiger partial charge is 0.508 e. The molecule has 0 unspecified atom stereocenters. The first-order valence-corrected chi connectivity index (χ1v) is 3.90. The number of carboxylic acid groups (broad SMARTS) is 1. The number of aliphatic carboxylic acids is 1. The van der Waals surface area contributed by atoms with Crippen molar-refractivity contribution < 1.29 is 24.9 Å². The molecule has 3 N–H and O–H groups in total. The second-order valence-electron chi connectivity index (χ2n) is 2.70. The standard InChI is InChI=1S/C9H10O5/c10-7-1-2-8(11)6(3-7)4-14-5-9(12)13/h1-3,10-11H,4-5H2,(H,12,13). The summed E-state index contributed by atoms with van der Waals surface area (Å²) >= 11 is 0. The third-order valence-electron chi connectivity index (χ3n) is 1.55. The predicted molar refractivity (Wildman–Crippen MR) is 47.1 cm³/mol. The van der Waals surface area contributed by atoms with Crippen LogP contribution in [-0.4, -0.2) is 27.9 Å². The van der Waals surface area contributed by atoms with Crippen molar-refractivity contribution in [2.45, 2.75) is 6.61 Å². The number of hydrogen-bond acceptors (Lipinski definition) is 4. The summed E-state index contributed by atoms with van der Waals surface area (Å²) in [4.78, 5) is 10.1. The lowest BCUT2D eigenvalue weighted by Crippen LogP contribution is -2.06. The summed E-state index contributed by atoms with van der Waals surface area (Å²) in [6.07, 6.45) is 0. The number of carboxylic acids is 1. The fourth-order valence-corrected chi connectivity index (χ4v) is 0.936. The molecule has 76 valence electrons. The summed E-state index contributed by atoms with van der Waals surface area (Å²) in [5, 5.41) is 26.6. The van der Waals surface area contributed by atoms with Crippen LogP contribution in [0.5, 0.6) is 11.5 Å². The minimum atomic E-state index is -1.08. The third kappa shape index (κ3) is 2.95. The molecule has 5 nitrogen and oxygen atoms in total. The van der Waals surface area contributed by atoms with Crippen molar-refractivity contribution >= 4 is 5.97 Å². The fourth-order valence-electron chi connectivity index (χ4n) is 0.936. The van der Waals surface area contributed by atoms with Crippen LogP contribution in [0.1, 0.15) is 5.56 Å². The van der Waals surface area contributed by atoms with Gasteiger partial charge in [-0.2, -0.15) is 0 Å². The van der Waals surface area contributed by atoms with Gasteiger partial charge in [0.2, 0.25) is 0 Å². The van der Waals surface area contributed by atoms with Gasteiger partial charge in [-0.3, -0.25) is 0 Å². The molecule has 0 atom stereocenters. The quantitative estimate of drug-likeness (QED) is 0.620. The fraction of sp³-hybridized carbons (Fsp3) is 0.222. The van der Waals surface area contributed by atoms with Gasteiger partial charge in [0.25, 0.3) is 0 Å². The van der Waals surface area contributed by atoms with Crippen molar-refractivity contribution in [3.8, 4) is 11.5 Å². The van der Waals surface area contributed by atoms with E-state index in [9.17, 15) is 9.90 Å². The Morgan fingerprint density at radius 2 is 2.07 bits per heavy atom. The van der Waals surface area contributed by atoms with E-state index in [1.165, 1.54) is 18.2 Å². The molecular weight excluding hydrogens is 188 g/mol. The number of carbonyl (C=O) groups is 1. The second kappa shape index (κ2) is 4.48. The van der Waals surface area contributed by atoms with Crippen LogP contribution in [0.3, 0.4) is 0 Å². The molecular formula is C9H10O5. The number of aromatic hydroxyl groups is 2. The minimum absolute atomic E-state index is 0.00303. The van der Waals surface area contributed by atoms with Gasteiger partial charge in [0.1, 0.15) is 18.1 Å². The van der Waals surface area contributed by atoms with Gasteiger partial charge in [-0.05, 0) is 18.2 Å². The molecule has 0 saturated heterocycles. The van der Waals surface area contributed by atoms with Crippen molar-refractivity contribution in [1.29, 1.82) is 0 Å². The maximum atomic E-state index is 10.1. The third-order valence-corrected chi connectivity index (χ3v) is 1.55. The summed E-state index contributed by atoms with van der Waals surface area (Å²) in [6, 6.07) is 3.96. The summed E-state index contributed by atoms with van der Waals surface area (Å²) in [5.74, 6) is -1.12. The van der Waals surface area contributed by atoms with Crippen LogP contribution < -0.4 is 0 Å². The van der Waals surface area contributed by atoms with Crippen molar-refractivity contribution in [2.75, 3.05) is 6.61 Å². The first-order valence-electron chi connectivity index (χ1n) is 3.90. The molecule has 1 aromatic carbocycles. The lowest BCUT2D eigenvalue weighted by molar-refractivity contribution is -0.142. The zero-order valence-electron chi connectivity index (χ0n) is 7.30. The number of hydrogen-bond donors (Lipinski definition) is 3. The summed E-state index contributed by atoms with van der Waals surface area (Å²) in [5.41, 5.74) is 0.353. The maximum absolute atomic E-state index is 10.1. The molecule has 0 heterocycles. The van der Waals surface area contributed by atoms with Crippen LogP contribution in [0.2, 0.25) is 0 Å². The molecule has 0 aliphatic heterocycles. The number of rotatable bonds is 4. The van der Waals surface area contributed by atoms with Crippen LogP contribution >= 0.6 is 0 Å². The first kappa shape index (κ1) is 10.3. The van der Waals surface area contributed by atoms with Crippen molar-refractivity contribution in [3.05, 3.63) is 23.8 Å². The molecule has 0 saturated carbocycles. The highest BCUT2D eigenvalue weighted by molar-refractivity contribution is 5.68. The monoisotopic (exact) mass is 198 g/mol. The highest BCUT2D eigenvalue weighted by Crippen LogP contribution is 2.22. The van der Waals surface area contributed by atoms with E-state index >= 15 is 0 Å². The molecule has 0 aliphatic carbocycles. The van der Waals surface area contributed by atoms with E-state index in [0.717, 1.165) is 0 Å². The smallest absolute Gasteiger partial charge is 0.329 e.